The average Bonchev–Trinajstić information content (AvgIpc) is 2.38. The second-order valence-corrected chi connectivity index (χ2v) is 4.82. The minimum absolute atomic E-state index is 0. The Kier molecular flexibility index (Phi) is 4.26. The Balaban J connectivity index is 0.00000147. The van der Waals surface area contributed by atoms with E-state index in [-0.39, 0.29) is 12.4 Å². The lowest BCUT2D eigenvalue weighted by Crippen LogP contribution is -1.94. The number of hydrogen-bond acceptors (Lipinski definition) is 2. The maximum atomic E-state index is 4.56. The molecule has 0 amide bonds. The fourth-order valence-electron chi connectivity index (χ4n) is 2.29. The molecule has 0 spiro atoms. The smallest absolute Gasteiger partial charge is 0.0726 e. The minimum atomic E-state index is 0. The molecule has 3 heteroatoms. The van der Waals surface area contributed by atoms with Crippen molar-refractivity contribution in [2.24, 2.45) is 0 Å². The monoisotopic (exact) mass is 284 g/mol. The summed E-state index contributed by atoms with van der Waals surface area (Å²) in [4.78, 5) is 4.56. The molecule has 1 aromatic heterocycles. The van der Waals surface area contributed by atoms with E-state index in [1.807, 2.05) is 25.1 Å². The molecule has 3 rings (SSSR count). The summed E-state index contributed by atoms with van der Waals surface area (Å²) in [6, 6.07) is 18.7. The highest BCUT2D eigenvalue weighted by Gasteiger charge is 2.03. The van der Waals surface area contributed by atoms with Crippen LogP contribution in [0.3, 0.4) is 0 Å². The fraction of sp³-hybridized carbons (Fsp3) is 0.118. The van der Waals surface area contributed by atoms with Crippen LogP contribution in [0, 0.1) is 13.8 Å². The Hall–Kier alpha value is -2.06. The quantitative estimate of drug-likeness (QED) is 0.715. The Morgan fingerprint density at radius 3 is 2.50 bits per heavy atom. The highest BCUT2D eigenvalue weighted by Crippen LogP contribution is 2.26. The lowest BCUT2D eigenvalue weighted by Gasteiger charge is -2.11. The van der Waals surface area contributed by atoms with Crippen LogP contribution < -0.4 is 5.32 Å². The molecule has 0 saturated heterocycles. The lowest BCUT2D eigenvalue weighted by atomic mass is 10.1. The maximum absolute atomic E-state index is 4.56. The number of nitrogens with one attached hydrogen (secondary N) is 1. The molecule has 1 N–H and O–H groups in total. The van der Waals surface area contributed by atoms with Crippen LogP contribution in [0.25, 0.3) is 10.9 Å². The van der Waals surface area contributed by atoms with Crippen LogP contribution in [-0.4, -0.2) is 4.98 Å². The zero-order chi connectivity index (χ0) is 13.2. The predicted octanol–water partition coefficient (Wildman–Crippen LogP) is 5.02. The summed E-state index contributed by atoms with van der Waals surface area (Å²) < 4.78 is 0. The molecule has 0 radical (unpaired) electrons. The second-order valence-electron chi connectivity index (χ2n) is 4.82. The number of nitrogens with zero attached hydrogens (tertiary/aromatic N) is 1. The van der Waals surface area contributed by atoms with E-state index in [1.54, 1.807) is 0 Å². The van der Waals surface area contributed by atoms with Crippen molar-refractivity contribution in [2.75, 3.05) is 5.32 Å². The first-order valence-corrected chi connectivity index (χ1v) is 6.42. The van der Waals surface area contributed by atoms with Crippen molar-refractivity contribution >= 4 is 34.7 Å². The molecule has 0 aliphatic heterocycles. The van der Waals surface area contributed by atoms with E-state index in [2.05, 4.69) is 53.6 Å². The van der Waals surface area contributed by atoms with Crippen molar-refractivity contribution in [1.82, 2.24) is 4.98 Å². The summed E-state index contributed by atoms with van der Waals surface area (Å²) in [5.74, 6) is 0. The van der Waals surface area contributed by atoms with Gasteiger partial charge in [0, 0.05) is 22.5 Å². The molecule has 0 fully saturated rings. The summed E-state index contributed by atoms with van der Waals surface area (Å²) in [5.41, 5.74) is 5.51. The number of rotatable bonds is 2. The first-order chi connectivity index (χ1) is 9.22. The Labute approximate surface area is 125 Å². The molecule has 2 nitrogen and oxygen atoms in total. The second kappa shape index (κ2) is 5.93. The van der Waals surface area contributed by atoms with Crippen LogP contribution in [0.2, 0.25) is 0 Å². The van der Waals surface area contributed by atoms with E-state index < -0.39 is 0 Å². The molecule has 0 aliphatic rings. The third-order valence-corrected chi connectivity index (χ3v) is 3.14. The van der Waals surface area contributed by atoms with Crippen LogP contribution in [0.15, 0.2) is 54.6 Å². The number of pyridine rings is 1. The van der Waals surface area contributed by atoms with Crippen molar-refractivity contribution < 1.29 is 0 Å². The number of halogens is 1. The summed E-state index contributed by atoms with van der Waals surface area (Å²) in [7, 11) is 0. The number of fused-ring (bicyclic) bond motifs is 1. The number of aryl methyl sites for hydroxylation is 2. The van der Waals surface area contributed by atoms with Gasteiger partial charge in [-0.2, -0.15) is 0 Å². The molecule has 0 bridgehead atoms. The fourth-order valence-corrected chi connectivity index (χ4v) is 2.29. The van der Waals surface area contributed by atoms with Crippen LogP contribution in [-0.2, 0) is 0 Å². The van der Waals surface area contributed by atoms with Gasteiger partial charge < -0.3 is 5.32 Å². The molecular formula is C17H17ClN2. The molecule has 0 saturated carbocycles. The van der Waals surface area contributed by atoms with Gasteiger partial charge in [-0.25, -0.2) is 0 Å². The van der Waals surface area contributed by atoms with Crippen LogP contribution in [0.4, 0.5) is 11.4 Å². The van der Waals surface area contributed by atoms with Gasteiger partial charge in [-0.05, 0) is 43.7 Å². The SMILES string of the molecule is Cc1cccc(Nc2cc(C)nc3ccccc23)c1.Cl. The zero-order valence-corrected chi connectivity index (χ0v) is 12.4. The predicted molar refractivity (Wildman–Crippen MR) is 88.2 cm³/mol. The van der Waals surface area contributed by atoms with Crippen LogP contribution >= 0.6 is 12.4 Å². The molecule has 3 aromatic rings. The maximum Gasteiger partial charge on any atom is 0.0726 e. The van der Waals surface area contributed by atoms with Gasteiger partial charge in [0.15, 0.2) is 0 Å². The summed E-state index contributed by atoms with van der Waals surface area (Å²) in [5, 5.41) is 4.64. The van der Waals surface area contributed by atoms with Gasteiger partial charge in [0.25, 0.3) is 0 Å². The number of benzene rings is 2. The van der Waals surface area contributed by atoms with E-state index in [0.717, 1.165) is 28.0 Å². The largest absolute Gasteiger partial charge is 0.355 e. The van der Waals surface area contributed by atoms with E-state index >= 15 is 0 Å². The average molecular weight is 285 g/mol. The van der Waals surface area contributed by atoms with Gasteiger partial charge in [0.1, 0.15) is 0 Å². The molecule has 1 heterocycles. The molecule has 20 heavy (non-hydrogen) atoms. The Bertz CT molecular complexity index is 738. The Morgan fingerprint density at radius 2 is 1.70 bits per heavy atom. The zero-order valence-electron chi connectivity index (χ0n) is 11.6. The van der Waals surface area contributed by atoms with Gasteiger partial charge in [-0.15, -0.1) is 12.4 Å². The van der Waals surface area contributed by atoms with Crippen molar-refractivity contribution in [3.05, 3.63) is 65.9 Å². The molecule has 0 aliphatic carbocycles. The van der Waals surface area contributed by atoms with Gasteiger partial charge in [-0.1, -0.05) is 30.3 Å². The van der Waals surface area contributed by atoms with Crippen molar-refractivity contribution in [1.29, 1.82) is 0 Å². The van der Waals surface area contributed by atoms with Gasteiger partial charge in [-0.3, -0.25) is 4.98 Å². The van der Waals surface area contributed by atoms with Gasteiger partial charge in [0.2, 0.25) is 0 Å². The molecule has 0 atom stereocenters. The van der Waals surface area contributed by atoms with Crippen molar-refractivity contribution in [3.63, 3.8) is 0 Å². The van der Waals surface area contributed by atoms with Gasteiger partial charge >= 0.3 is 0 Å². The van der Waals surface area contributed by atoms with Crippen LogP contribution in [0.5, 0.6) is 0 Å². The standard InChI is InChI=1S/C17H16N2.ClH/c1-12-6-5-7-14(10-12)19-17-11-13(2)18-16-9-4-3-8-15(16)17;/h3-11H,1-2H3,(H,18,19);1H. The highest BCUT2D eigenvalue weighted by molar-refractivity contribution is 5.93. The molecule has 2 aromatic carbocycles. The number of aromatic nitrogens is 1. The summed E-state index contributed by atoms with van der Waals surface area (Å²) in [6.45, 7) is 4.12. The third kappa shape index (κ3) is 2.91. The lowest BCUT2D eigenvalue weighted by molar-refractivity contribution is 1.25. The van der Waals surface area contributed by atoms with E-state index in [4.69, 9.17) is 0 Å². The third-order valence-electron chi connectivity index (χ3n) is 3.14. The molecule has 0 unspecified atom stereocenters. The highest BCUT2D eigenvalue weighted by atomic mass is 35.5. The number of anilines is 2. The Morgan fingerprint density at radius 1 is 0.900 bits per heavy atom. The first-order valence-electron chi connectivity index (χ1n) is 6.42. The van der Waals surface area contributed by atoms with Crippen molar-refractivity contribution in [3.8, 4) is 0 Å². The number of hydrogen-bond donors (Lipinski definition) is 1. The number of para-hydroxylation sites is 1. The van der Waals surface area contributed by atoms with Crippen LogP contribution in [0.1, 0.15) is 11.3 Å². The van der Waals surface area contributed by atoms with Gasteiger partial charge in [0.05, 0.1) is 5.52 Å². The van der Waals surface area contributed by atoms with E-state index in [9.17, 15) is 0 Å². The van der Waals surface area contributed by atoms with E-state index in [1.165, 1.54) is 5.56 Å². The summed E-state index contributed by atoms with van der Waals surface area (Å²) >= 11 is 0. The first kappa shape index (κ1) is 14.4. The molecular weight excluding hydrogens is 268 g/mol. The van der Waals surface area contributed by atoms with Crippen molar-refractivity contribution in [2.45, 2.75) is 13.8 Å². The van der Waals surface area contributed by atoms with E-state index in [0.29, 0.717) is 0 Å². The summed E-state index contributed by atoms with van der Waals surface area (Å²) in [6.07, 6.45) is 0. The molecule has 102 valence electrons. The minimum Gasteiger partial charge on any atom is -0.355 e. The normalized spacial score (nSPS) is 10.1. The topological polar surface area (TPSA) is 24.9 Å².